The van der Waals surface area contributed by atoms with Crippen LogP contribution in [0.15, 0.2) is 24.3 Å². The first kappa shape index (κ1) is 16.4. The number of aromatic nitrogens is 3. The molecule has 1 aliphatic heterocycles. The van der Waals surface area contributed by atoms with Crippen molar-refractivity contribution in [2.75, 3.05) is 6.54 Å². The van der Waals surface area contributed by atoms with Gasteiger partial charge in [0.05, 0.1) is 6.67 Å². The zero-order valence-electron chi connectivity index (χ0n) is 14.3. The topological polar surface area (TPSA) is 26.0 Å². The van der Waals surface area contributed by atoms with Crippen molar-refractivity contribution in [1.82, 2.24) is 19.2 Å². The summed E-state index contributed by atoms with van der Waals surface area (Å²) in [4.78, 5) is 2.53. The van der Waals surface area contributed by atoms with Gasteiger partial charge in [0.15, 0.2) is 0 Å². The largest absolute Gasteiger partial charge is 0.281 e. The molecule has 2 heterocycles. The Morgan fingerprint density at radius 2 is 2.09 bits per heavy atom. The van der Waals surface area contributed by atoms with Crippen molar-refractivity contribution in [3.05, 3.63) is 40.4 Å². The molecule has 4 nitrogen and oxygen atoms in total. The van der Waals surface area contributed by atoms with Gasteiger partial charge < -0.3 is 0 Å². The molecule has 23 heavy (non-hydrogen) atoms. The van der Waals surface area contributed by atoms with E-state index in [2.05, 4.69) is 47.6 Å². The standard InChI is InChI=1S/C18H26N4S/c1-4-16-9-5-6-11-20(16)13-21-18(23)22(15(3)19-21)17-10-7-8-14(2)12-17/h7-8,10,12,16H,4-6,9,11,13H2,1-3H3/t16-/m1/s1. The number of rotatable bonds is 4. The Hall–Kier alpha value is -1.46. The van der Waals surface area contributed by atoms with Crippen LogP contribution in [0, 0.1) is 18.6 Å². The average molecular weight is 331 g/mol. The van der Waals surface area contributed by atoms with Crippen LogP contribution in [0.25, 0.3) is 5.69 Å². The number of hydrogen-bond donors (Lipinski definition) is 0. The first-order valence-corrected chi connectivity index (χ1v) is 8.98. The molecule has 1 atom stereocenters. The van der Waals surface area contributed by atoms with Gasteiger partial charge in [0.25, 0.3) is 0 Å². The van der Waals surface area contributed by atoms with Crippen molar-refractivity contribution < 1.29 is 0 Å². The van der Waals surface area contributed by atoms with Gasteiger partial charge in [-0.15, -0.1) is 0 Å². The summed E-state index contributed by atoms with van der Waals surface area (Å²) in [5.41, 5.74) is 2.34. The number of hydrogen-bond acceptors (Lipinski definition) is 3. The minimum absolute atomic E-state index is 0.662. The van der Waals surface area contributed by atoms with Gasteiger partial charge in [0, 0.05) is 18.3 Å². The summed E-state index contributed by atoms with van der Waals surface area (Å²) in [5.74, 6) is 0.950. The van der Waals surface area contributed by atoms with Crippen molar-refractivity contribution in [1.29, 1.82) is 0 Å². The fourth-order valence-corrected chi connectivity index (χ4v) is 3.89. The molecule has 2 aromatic rings. The van der Waals surface area contributed by atoms with E-state index in [1.54, 1.807) is 0 Å². The molecular formula is C18H26N4S. The Morgan fingerprint density at radius 3 is 2.83 bits per heavy atom. The monoisotopic (exact) mass is 330 g/mol. The molecule has 0 spiro atoms. The number of nitrogens with zero attached hydrogens (tertiary/aromatic N) is 4. The van der Waals surface area contributed by atoms with E-state index in [4.69, 9.17) is 17.3 Å². The van der Waals surface area contributed by atoms with Gasteiger partial charge in [0.1, 0.15) is 5.82 Å². The van der Waals surface area contributed by atoms with Crippen LogP contribution in [0.3, 0.4) is 0 Å². The molecule has 1 fully saturated rings. The summed E-state index contributed by atoms with van der Waals surface area (Å²) >= 11 is 5.72. The van der Waals surface area contributed by atoms with E-state index in [0.717, 1.165) is 29.5 Å². The predicted molar refractivity (Wildman–Crippen MR) is 96.5 cm³/mol. The zero-order chi connectivity index (χ0) is 16.4. The Kier molecular flexibility index (Phi) is 4.97. The molecule has 0 radical (unpaired) electrons. The van der Waals surface area contributed by atoms with Gasteiger partial charge in [-0.2, -0.15) is 5.10 Å². The summed E-state index contributed by atoms with van der Waals surface area (Å²) in [6.07, 6.45) is 5.12. The average Bonchev–Trinajstić information content (AvgIpc) is 2.82. The Morgan fingerprint density at radius 1 is 1.26 bits per heavy atom. The summed E-state index contributed by atoms with van der Waals surface area (Å²) < 4.78 is 4.85. The molecule has 1 aliphatic rings. The normalized spacial score (nSPS) is 19.2. The number of piperidine rings is 1. The molecule has 1 saturated heterocycles. The first-order chi connectivity index (χ1) is 11.1. The molecule has 0 aliphatic carbocycles. The number of likely N-dealkylation sites (tertiary alicyclic amines) is 1. The lowest BCUT2D eigenvalue weighted by atomic mass is 10.0. The lowest BCUT2D eigenvalue weighted by Crippen LogP contribution is -2.40. The van der Waals surface area contributed by atoms with E-state index in [0.29, 0.717) is 6.04 Å². The van der Waals surface area contributed by atoms with Crippen molar-refractivity contribution in [2.45, 2.75) is 59.2 Å². The zero-order valence-corrected chi connectivity index (χ0v) is 15.1. The maximum absolute atomic E-state index is 5.72. The van der Waals surface area contributed by atoms with Gasteiger partial charge >= 0.3 is 0 Å². The van der Waals surface area contributed by atoms with Gasteiger partial charge in [-0.25, -0.2) is 4.68 Å². The third-order valence-corrected chi connectivity index (χ3v) is 5.19. The van der Waals surface area contributed by atoms with Crippen LogP contribution >= 0.6 is 12.2 Å². The van der Waals surface area contributed by atoms with E-state index < -0.39 is 0 Å². The highest BCUT2D eigenvalue weighted by Crippen LogP contribution is 2.21. The Bertz CT molecular complexity index is 731. The summed E-state index contributed by atoms with van der Waals surface area (Å²) in [6.45, 7) is 8.36. The third kappa shape index (κ3) is 3.40. The lowest BCUT2D eigenvalue weighted by Gasteiger charge is -2.34. The van der Waals surface area contributed by atoms with Gasteiger partial charge in [0.2, 0.25) is 4.77 Å². The summed E-state index contributed by atoms with van der Waals surface area (Å²) in [6, 6.07) is 9.09. The Labute approximate surface area is 143 Å². The van der Waals surface area contributed by atoms with Gasteiger partial charge in [-0.05, 0) is 63.0 Å². The predicted octanol–water partition coefficient (Wildman–Crippen LogP) is 4.24. The fourth-order valence-electron chi connectivity index (χ4n) is 3.55. The lowest BCUT2D eigenvalue weighted by molar-refractivity contribution is 0.100. The van der Waals surface area contributed by atoms with Crippen LogP contribution in [0.1, 0.15) is 44.0 Å². The highest BCUT2D eigenvalue weighted by Gasteiger charge is 2.22. The molecule has 0 unspecified atom stereocenters. The minimum Gasteiger partial charge on any atom is -0.281 e. The quantitative estimate of drug-likeness (QED) is 0.784. The maximum Gasteiger partial charge on any atom is 0.203 e. The minimum atomic E-state index is 0.662. The molecule has 1 aromatic carbocycles. The van der Waals surface area contributed by atoms with Crippen LogP contribution in [0.4, 0.5) is 0 Å². The van der Waals surface area contributed by atoms with Crippen molar-refractivity contribution >= 4 is 12.2 Å². The number of benzene rings is 1. The van der Waals surface area contributed by atoms with Gasteiger partial charge in [-0.3, -0.25) is 9.47 Å². The van der Waals surface area contributed by atoms with E-state index in [-0.39, 0.29) is 0 Å². The molecule has 3 rings (SSSR count). The van der Waals surface area contributed by atoms with Crippen molar-refractivity contribution in [3.63, 3.8) is 0 Å². The van der Waals surface area contributed by atoms with Crippen LogP contribution in [-0.2, 0) is 6.67 Å². The van der Waals surface area contributed by atoms with Crippen molar-refractivity contribution in [2.24, 2.45) is 0 Å². The van der Waals surface area contributed by atoms with Crippen LogP contribution < -0.4 is 0 Å². The fraction of sp³-hybridized carbons (Fsp3) is 0.556. The highest BCUT2D eigenvalue weighted by atomic mass is 32.1. The van der Waals surface area contributed by atoms with Crippen LogP contribution in [-0.4, -0.2) is 31.8 Å². The summed E-state index contributed by atoms with van der Waals surface area (Å²) in [7, 11) is 0. The van der Waals surface area contributed by atoms with E-state index in [9.17, 15) is 0 Å². The Balaban J connectivity index is 1.90. The highest BCUT2D eigenvalue weighted by molar-refractivity contribution is 7.71. The van der Waals surface area contributed by atoms with E-state index in [1.807, 2.05) is 11.6 Å². The van der Waals surface area contributed by atoms with E-state index in [1.165, 1.54) is 31.2 Å². The van der Waals surface area contributed by atoms with E-state index >= 15 is 0 Å². The maximum atomic E-state index is 5.72. The third-order valence-electron chi connectivity index (χ3n) is 4.80. The molecular weight excluding hydrogens is 304 g/mol. The molecule has 5 heteroatoms. The summed E-state index contributed by atoms with van der Waals surface area (Å²) in [5, 5.41) is 4.71. The van der Waals surface area contributed by atoms with Gasteiger partial charge in [-0.1, -0.05) is 25.5 Å². The van der Waals surface area contributed by atoms with Crippen molar-refractivity contribution in [3.8, 4) is 5.69 Å². The second kappa shape index (κ2) is 6.97. The smallest absolute Gasteiger partial charge is 0.203 e. The van der Waals surface area contributed by atoms with Crippen LogP contribution in [0.2, 0.25) is 0 Å². The molecule has 1 aromatic heterocycles. The second-order valence-electron chi connectivity index (χ2n) is 6.52. The van der Waals surface area contributed by atoms with Crippen LogP contribution in [0.5, 0.6) is 0 Å². The number of aryl methyl sites for hydroxylation is 2. The molecule has 124 valence electrons. The molecule has 0 bridgehead atoms. The second-order valence-corrected chi connectivity index (χ2v) is 6.88. The molecule has 0 amide bonds. The molecule has 0 saturated carbocycles. The SMILES string of the molecule is CC[C@@H]1CCCCN1Cn1nc(C)n(-c2cccc(C)c2)c1=S. The molecule has 0 N–H and O–H groups in total. The first-order valence-electron chi connectivity index (χ1n) is 8.57.